The zero-order valence-corrected chi connectivity index (χ0v) is 9.13. The van der Waals surface area contributed by atoms with Crippen LogP contribution in [0.4, 0.5) is 5.82 Å². The summed E-state index contributed by atoms with van der Waals surface area (Å²) in [6, 6.07) is 4.04. The van der Waals surface area contributed by atoms with Gasteiger partial charge in [0.05, 0.1) is 4.70 Å². The maximum Gasteiger partial charge on any atom is 0.168 e. The molecule has 5 heteroatoms. The van der Waals surface area contributed by atoms with E-state index in [4.69, 9.17) is 0 Å². The van der Waals surface area contributed by atoms with Crippen molar-refractivity contribution in [2.75, 3.05) is 31.1 Å². The third-order valence-corrected chi connectivity index (χ3v) is 3.42. The highest BCUT2D eigenvalue weighted by atomic mass is 32.1. The van der Waals surface area contributed by atoms with Crippen molar-refractivity contribution in [2.24, 2.45) is 0 Å². The van der Waals surface area contributed by atoms with Crippen molar-refractivity contribution in [3.8, 4) is 0 Å². The molecular weight excluding hydrogens is 208 g/mol. The first-order valence-electron chi connectivity index (χ1n) is 5.11. The van der Waals surface area contributed by atoms with Crippen LogP contribution in [-0.4, -0.2) is 35.5 Å². The van der Waals surface area contributed by atoms with Gasteiger partial charge in [0.1, 0.15) is 5.52 Å². The molecule has 2 aromatic rings. The Labute approximate surface area is 92.1 Å². The van der Waals surface area contributed by atoms with Gasteiger partial charge in [0.2, 0.25) is 0 Å². The average Bonchev–Trinajstić information content (AvgIpc) is 2.74. The smallest absolute Gasteiger partial charge is 0.168 e. The predicted octanol–water partition coefficient (Wildman–Crippen LogP) is 1.10. The van der Waals surface area contributed by atoms with E-state index in [1.54, 1.807) is 0 Å². The van der Waals surface area contributed by atoms with Crippen LogP contribution in [0.15, 0.2) is 18.3 Å². The number of aromatic nitrogens is 2. The Bertz CT molecular complexity index is 461. The maximum atomic E-state index is 4.50. The lowest BCUT2D eigenvalue weighted by Gasteiger charge is -2.27. The molecule has 1 saturated heterocycles. The van der Waals surface area contributed by atoms with Crippen LogP contribution in [0, 0.1) is 0 Å². The minimum Gasteiger partial charge on any atom is -0.351 e. The van der Waals surface area contributed by atoms with Crippen LogP contribution in [0.2, 0.25) is 0 Å². The molecule has 0 radical (unpaired) electrons. The molecule has 1 aliphatic rings. The highest BCUT2D eigenvalue weighted by Crippen LogP contribution is 2.27. The van der Waals surface area contributed by atoms with E-state index in [1.165, 1.54) is 16.2 Å². The number of rotatable bonds is 1. The minimum absolute atomic E-state index is 1.02. The highest BCUT2D eigenvalue weighted by molar-refractivity contribution is 7.13. The van der Waals surface area contributed by atoms with Crippen molar-refractivity contribution in [1.29, 1.82) is 0 Å². The second kappa shape index (κ2) is 3.75. The number of hydrogen-bond donors (Lipinski definition) is 1. The number of nitrogens with zero attached hydrogens (tertiary/aromatic N) is 3. The Morgan fingerprint density at radius 3 is 3.07 bits per heavy atom. The largest absolute Gasteiger partial charge is 0.351 e. The first-order valence-corrected chi connectivity index (χ1v) is 5.88. The fourth-order valence-corrected chi connectivity index (χ4v) is 2.61. The van der Waals surface area contributed by atoms with E-state index in [9.17, 15) is 0 Å². The quantitative estimate of drug-likeness (QED) is 0.781. The highest BCUT2D eigenvalue weighted by Gasteiger charge is 2.16. The maximum absolute atomic E-state index is 4.50. The number of anilines is 1. The number of pyridine rings is 1. The van der Waals surface area contributed by atoms with Crippen molar-refractivity contribution < 1.29 is 0 Å². The van der Waals surface area contributed by atoms with Gasteiger partial charge in [0.15, 0.2) is 5.82 Å². The standard InChI is InChI=1S/C10H12N4S/c1-2-8-9(12-3-1)10(13-15-8)14-6-4-11-5-7-14/h1-3,11H,4-7H2. The molecule has 0 amide bonds. The molecule has 0 spiro atoms. The van der Waals surface area contributed by atoms with Crippen LogP contribution in [-0.2, 0) is 0 Å². The molecule has 2 aromatic heterocycles. The van der Waals surface area contributed by atoms with Crippen LogP contribution >= 0.6 is 11.5 Å². The van der Waals surface area contributed by atoms with Gasteiger partial charge in [-0.2, -0.15) is 4.37 Å². The molecule has 0 saturated carbocycles. The molecule has 1 aliphatic heterocycles. The van der Waals surface area contributed by atoms with Gasteiger partial charge in [0, 0.05) is 32.4 Å². The van der Waals surface area contributed by atoms with Gasteiger partial charge in [-0.1, -0.05) is 0 Å². The van der Waals surface area contributed by atoms with E-state index >= 15 is 0 Å². The van der Waals surface area contributed by atoms with E-state index in [1.807, 2.05) is 12.3 Å². The summed E-state index contributed by atoms with van der Waals surface area (Å²) in [4.78, 5) is 6.71. The Balaban J connectivity index is 2.02. The molecule has 0 unspecified atom stereocenters. The Kier molecular flexibility index (Phi) is 2.26. The fraction of sp³-hybridized carbons (Fsp3) is 0.400. The third-order valence-electron chi connectivity index (χ3n) is 2.63. The van der Waals surface area contributed by atoms with Crippen molar-refractivity contribution in [3.05, 3.63) is 18.3 Å². The zero-order chi connectivity index (χ0) is 10.1. The van der Waals surface area contributed by atoms with Crippen LogP contribution in [0.1, 0.15) is 0 Å². The van der Waals surface area contributed by atoms with Crippen LogP contribution < -0.4 is 10.2 Å². The van der Waals surface area contributed by atoms with Gasteiger partial charge in [-0.05, 0) is 23.7 Å². The molecule has 0 atom stereocenters. The van der Waals surface area contributed by atoms with Crippen molar-refractivity contribution in [1.82, 2.24) is 14.7 Å². The van der Waals surface area contributed by atoms with E-state index in [-0.39, 0.29) is 0 Å². The number of piperazine rings is 1. The summed E-state index contributed by atoms with van der Waals surface area (Å²) >= 11 is 1.53. The second-order valence-electron chi connectivity index (χ2n) is 3.59. The molecule has 0 bridgehead atoms. The summed E-state index contributed by atoms with van der Waals surface area (Å²) in [5.74, 6) is 1.05. The van der Waals surface area contributed by atoms with Gasteiger partial charge < -0.3 is 10.2 Å². The van der Waals surface area contributed by atoms with Gasteiger partial charge in [0.25, 0.3) is 0 Å². The molecule has 1 fully saturated rings. The van der Waals surface area contributed by atoms with E-state index in [2.05, 4.69) is 25.6 Å². The normalized spacial score (nSPS) is 17.2. The molecule has 78 valence electrons. The van der Waals surface area contributed by atoms with Gasteiger partial charge in [-0.25, -0.2) is 0 Å². The van der Waals surface area contributed by atoms with Crippen molar-refractivity contribution in [3.63, 3.8) is 0 Å². The van der Waals surface area contributed by atoms with Gasteiger partial charge in [-0.15, -0.1) is 0 Å². The van der Waals surface area contributed by atoms with E-state index in [0.29, 0.717) is 0 Å². The first-order chi connectivity index (χ1) is 7.45. The van der Waals surface area contributed by atoms with E-state index < -0.39 is 0 Å². The SMILES string of the molecule is c1cnc2c(N3CCNCC3)nsc2c1. The molecule has 4 nitrogen and oxygen atoms in total. The van der Waals surface area contributed by atoms with Crippen molar-refractivity contribution in [2.45, 2.75) is 0 Å². The molecule has 0 aliphatic carbocycles. The Morgan fingerprint density at radius 2 is 2.20 bits per heavy atom. The number of nitrogens with one attached hydrogen (secondary N) is 1. The van der Waals surface area contributed by atoms with Crippen molar-refractivity contribution >= 4 is 27.6 Å². The fourth-order valence-electron chi connectivity index (χ4n) is 1.85. The summed E-state index contributed by atoms with van der Waals surface area (Å²) in [5, 5.41) is 3.34. The molecule has 3 rings (SSSR count). The summed E-state index contributed by atoms with van der Waals surface area (Å²) in [6.07, 6.45) is 1.84. The minimum atomic E-state index is 1.02. The number of hydrogen-bond acceptors (Lipinski definition) is 5. The predicted molar refractivity (Wildman–Crippen MR) is 62.5 cm³/mol. The summed E-state index contributed by atoms with van der Waals surface area (Å²) in [5.41, 5.74) is 1.05. The third kappa shape index (κ3) is 1.57. The lowest BCUT2D eigenvalue weighted by atomic mass is 10.3. The summed E-state index contributed by atoms with van der Waals surface area (Å²) in [7, 11) is 0. The lowest BCUT2D eigenvalue weighted by molar-refractivity contribution is 0.587. The van der Waals surface area contributed by atoms with Crippen LogP contribution in [0.5, 0.6) is 0 Å². The van der Waals surface area contributed by atoms with Gasteiger partial charge in [-0.3, -0.25) is 4.98 Å². The molecule has 1 N–H and O–H groups in total. The Hall–Kier alpha value is -1.20. The molecular formula is C10H12N4S. The molecule has 3 heterocycles. The molecule has 0 aromatic carbocycles. The Morgan fingerprint density at radius 1 is 1.33 bits per heavy atom. The van der Waals surface area contributed by atoms with Crippen LogP contribution in [0.25, 0.3) is 10.2 Å². The average molecular weight is 220 g/mol. The second-order valence-corrected chi connectivity index (χ2v) is 4.40. The van der Waals surface area contributed by atoms with Crippen LogP contribution in [0.3, 0.4) is 0 Å². The van der Waals surface area contributed by atoms with E-state index in [0.717, 1.165) is 37.5 Å². The zero-order valence-electron chi connectivity index (χ0n) is 8.31. The summed E-state index contributed by atoms with van der Waals surface area (Å²) < 4.78 is 5.67. The topological polar surface area (TPSA) is 41.1 Å². The monoisotopic (exact) mass is 220 g/mol. The number of fused-ring (bicyclic) bond motifs is 1. The van der Waals surface area contributed by atoms with Gasteiger partial charge >= 0.3 is 0 Å². The lowest BCUT2D eigenvalue weighted by Crippen LogP contribution is -2.43. The summed E-state index contributed by atoms with van der Waals surface area (Å²) in [6.45, 7) is 4.11. The first kappa shape index (κ1) is 9.06. The molecule has 15 heavy (non-hydrogen) atoms.